The maximum Gasteiger partial charge on any atom is 0.346 e. The normalized spacial score (nSPS) is 12.0. The maximum absolute atomic E-state index is 6.01. The molecule has 2 heterocycles. The van der Waals surface area contributed by atoms with Crippen LogP contribution in [0.15, 0.2) is 66.7 Å². The molecule has 33 heavy (non-hydrogen) atoms. The average Bonchev–Trinajstić information content (AvgIpc) is 3.50. The van der Waals surface area contributed by atoms with Gasteiger partial charge in [-0.25, -0.2) is 0 Å². The second-order valence-electron chi connectivity index (χ2n) is 7.32. The number of rotatable bonds is 9. The fourth-order valence-corrected chi connectivity index (χ4v) is 3.49. The Morgan fingerprint density at radius 1 is 0.909 bits per heavy atom. The SMILES string of the molecule is CCOc1cc(CNCc2ccc3c(c2)OCO3)ccc1Oc1nnnn1-c1ccccc1. The molecule has 1 N–H and O–H groups in total. The van der Waals surface area contributed by atoms with Crippen molar-refractivity contribution in [2.24, 2.45) is 0 Å². The monoisotopic (exact) mass is 445 g/mol. The molecule has 1 aromatic heterocycles. The first-order chi connectivity index (χ1) is 16.3. The molecule has 1 aliphatic rings. The number of fused-ring (bicyclic) bond motifs is 1. The van der Waals surface area contributed by atoms with Gasteiger partial charge >= 0.3 is 6.01 Å². The summed E-state index contributed by atoms with van der Waals surface area (Å²) in [6.45, 7) is 4.08. The van der Waals surface area contributed by atoms with Crippen LogP contribution in [0.2, 0.25) is 0 Å². The van der Waals surface area contributed by atoms with Crippen LogP contribution in [-0.4, -0.2) is 33.6 Å². The number of hydrogen-bond acceptors (Lipinski definition) is 8. The van der Waals surface area contributed by atoms with E-state index in [-0.39, 0.29) is 12.8 Å². The van der Waals surface area contributed by atoms with E-state index in [4.69, 9.17) is 18.9 Å². The summed E-state index contributed by atoms with van der Waals surface area (Å²) in [5.74, 6) is 2.74. The van der Waals surface area contributed by atoms with Crippen LogP contribution in [0.25, 0.3) is 5.69 Å². The summed E-state index contributed by atoms with van der Waals surface area (Å²) in [6.07, 6.45) is 0. The molecule has 9 heteroatoms. The van der Waals surface area contributed by atoms with E-state index < -0.39 is 0 Å². The molecule has 9 nitrogen and oxygen atoms in total. The molecule has 0 radical (unpaired) electrons. The molecule has 0 saturated carbocycles. The molecule has 168 valence electrons. The predicted octanol–water partition coefficient (Wildman–Crippen LogP) is 3.87. The lowest BCUT2D eigenvalue weighted by atomic mass is 10.1. The first kappa shape index (κ1) is 20.8. The molecule has 0 unspecified atom stereocenters. The molecule has 0 bridgehead atoms. The van der Waals surface area contributed by atoms with E-state index in [9.17, 15) is 0 Å². The highest BCUT2D eigenvalue weighted by Gasteiger charge is 2.15. The van der Waals surface area contributed by atoms with Gasteiger partial charge in [-0.1, -0.05) is 35.4 Å². The van der Waals surface area contributed by atoms with Gasteiger partial charge in [-0.15, -0.1) is 0 Å². The van der Waals surface area contributed by atoms with E-state index in [0.717, 1.165) is 28.3 Å². The van der Waals surface area contributed by atoms with Crippen molar-refractivity contribution in [3.05, 3.63) is 77.9 Å². The molecule has 0 amide bonds. The third-order valence-corrected chi connectivity index (χ3v) is 5.05. The third kappa shape index (κ3) is 4.73. The fraction of sp³-hybridized carbons (Fsp3) is 0.208. The van der Waals surface area contributed by atoms with Gasteiger partial charge in [-0.05, 0) is 64.9 Å². The molecule has 4 aromatic rings. The van der Waals surface area contributed by atoms with Gasteiger partial charge in [0.25, 0.3) is 0 Å². The van der Waals surface area contributed by atoms with Crippen LogP contribution in [0.5, 0.6) is 29.0 Å². The smallest absolute Gasteiger partial charge is 0.346 e. The van der Waals surface area contributed by atoms with Crippen LogP contribution in [0.3, 0.4) is 0 Å². The standard InChI is InChI=1S/C24H23N5O4/c1-2-30-23-13-18(15-25-14-17-8-10-20-22(12-17)32-16-31-20)9-11-21(23)33-24-26-27-28-29(24)19-6-4-3-5-7-19/h3-13,25H,2,14-16H2,1H3. The minimum Gasteiger partial charge on any atom is -0.490 e. The van der Waals surface area contributed by atoms with Crippen molar-refractivity contribution >= 4 is 0 Å². The molecule has 0 saturated heterocycles. The lowest BCUT2D eigenvalue weighted by Crippen LogP contribution is -2.12. The number of para-hydroxylation sites is 1. The van der Waals surface area contributed by atoms with Gasteiger partial charge in [-0.2, -0.15) is 4.68 Å². The summed E-state index contributed by atoms with van der Waals surface area (Å²) in [7, 11) is 0. The average molecular weight is 445 g/mol. The Labute approximate surface area is 190 Å². The van der Waals surface area contributed by atoms with Gasteiger partial charge < -0.3 is 24.3 Å². The van der Waals surface area contributed by atoms with Crippen molar-refractivity contribution in [2.75, 3.05) is 13.4 Å². The Bertz CT molecular complexity index is 1230. The summed E-state index contributed by atoms with van der Waals surface area (Å²) >= 11 is 0. The van der Waals surface area contributed by atoms with Gasteiger partial charge in [-0.3, -0.25) is 0 Å². The molecule has 0 spiro atoms. The van der Waals surface area contributed by atoms with Crippen LogP contribution >= 0.6 is 0 Å². The predicted molar refractivity (Wildman–Crippen MR) is 120 cm³/mol. The Hall–Kier alpha value is -4.11. The van der Waals surface area contributed by atoms with E-state index in [1.165, 1.54) is 4.68 Å². The van der Waals surface area contributed by atoms with Crippen LogP contribution in [-0.2, 0) is 13.1 Å². The number of hydrogen-bond donors (Lipinski definition) is 1. The van der Waals surface area contributed by atoms with Gasteiger partial charge in [0.1, 0.15) is 0 Å². The van der Waals surface area contributed by atoms with Crippen LogP contribution in [0.1, 0.15) is 18.1 Å². The molecule has 1 aliphatic heterocycles. The highest BCUT2D eigenvalue weighted by atomic mass is 16.7. The third-order valence-electron chi connectivity index (χ3n) is 5.05. The minimum atomic E-state index is 0.260. The van der Waals surface area contributed by atoms with Crippen LogP contribution < -0.4 is 24.3 Å². The van der Waals surface area contributed by atoms with Crippen molar-refractivity contribution in [3.63, 3.8) is 0 Å². The molecule has 5 rings (SSSR count). The van der Waals surface area contributed by atoms with Gasteiger partial charge in [0.2, 0.25) is 6.79 Å². The Kier molecular flexibility index (Phi) is 6.03. The topological polar surface area (TPSA) is 92.6 Å². The van der Waals surface area contributed by atoms with Crippen molar-refractivity contribution in [2.45, 2.75) is 20.0 Å². The van der Waals surface area contributed by atoms with E-state index in [0.29, 0.717) is 31.2 Å². The van der Waals surface area contributed by atoms with E-state index in [1.807, 2.05) is 73.7 Å². The van der Waals surface area contributed by atoms with Crippen molar-refractivity contribution in [1.82, 2.24) is 25.5 Å². The lowest BCUT2D eigenvalue weighted by Gasteiger charge is -2.13. The summed E-state index contributed by atoms with van der Waals surface area (Å²) in [4.78, 5) is 0. The number of nitrogens with one attached hydrogen (secondary N) is 1. The van der Waals surface area contributed by atoms with Crippen LogP contribution in [0.4, 0.5) is 0 Å². The molecular formula is C24H23N5O4. The summed E-state index contributed by atoms with van der Waals surface area (Å²) in [5.41, 5.74) is 2.99. The molecule has 0 atom stereocenters. The second-order valence-corrected chi connectivity index (χ2v) is 7.32. The summed E-state index contributed by atoms with van der Waals surface area (Å²) < 4.78 is 24.2. The number of aromatic nitrogens is 4. The molecule has 0 aliphatic carbocycles. The van der Waals surface area contributed by atoms with Crippen molar-refractivity contribution < 1.29 is 18.9 Å². The Morgan fingerprint density at radius 2 is 1.70 bits per heavy atom. The molecule has 3 aromatic carbocycles. The van der Waals surface area contributed by atoms with Crippen molar-refractivity contribution in [3.8, 4) is 34.7 Å². The maximum atomic E-state index is 6.01. The van der Waals surface area contributed by atoms with Gasteiger partial charge in [0.05, 0.1) is 12.3 Å². The highest BCUT2D eigenvalue weighted by Crippen LogP contribution is 2.33. The number of benzene rings is 3. The summed E-state index contributed by atoms with van der Waals surface area (Å²) in [5, 5.41) is 15.2. The zero-order valence-corrected chi connectivity index (χ0v) is 18.1. The quantitative estimate of drug-likeness (QED) is 0.415. The zero-order chi connectivity index (χ0) is 22.5. The Morgan fingerprint density at radius 3 is 2.55 bits per heavy atom. The first-order valence-corrected chi connectivity index (χ1v) is 10.7. The fourth-order valence-electron chi connectivity index (χ4n) is 3.49. The zero-order valence-electron chi connectivity index (χ0n) is 18.1. The van der Waals surface area contributed by atoms with E-state index in [1.54, 1.807) is 0 Å². The van der Waals surface area contributed by atoms with Crippen molar-refractivity contribution in [1.29, 1.82) is 0 Å². The Balaban J connectivity index is 1.27. The summed E-state index contributed by atoms with van der Waals surface area (Å²) in [6, 6.07) is 21.6. The largest absolute Gasteiger partial charge is 0.490 e. The lowest BCUT2D eigenvalue weighted by molar-refractivity contribution is 0.174. The number of ether oxygens (including phenoxy) is 4. The van der Waals surface area contributed by atoms with Gasteiger partial charge in [0, 0.05) is 13.1 Å². The minimum absolute atomic E-state index is 0.260. The van der Waals surface area contributed by atoms with Gasteiger partial charge in [0.15, 0.2) is 23.0 Å². The second kappa shape index (κ2) is 9.58. The highest BCUT2D eigenvalue weighted by molar-refractivity contribution is 5.46. The molecular weight excluding hydrogens is 422 g/mol. The van der Waals surface area contributed by atoms with E-state index >= 15 is 0 Å². The molecule has 0 fully saturated rings. The van der Waals surface area contributed by atoms with Crippen LogP contribution in [0, 0.1) is 0 Å². The first-order valence-electron chi connectivity index (χ1n) is 10.7. The number of nitrogens with zero attached hydrogens (tertiary/aromatic N) is 4. The van der Waals surface area contributed by atoms with E-state index in [2.05, 4.69) is 20.8 Å². The number of tetrazole rings is 1.